The summed E-state index contributed by atoms with van der Waals surface area (Å²) in [5.41, 5.74) is 3.51. The predicted octanol–water partition coefficient (Wildman–Crippen LogP) is 3.15. The molecule has 0 radical (unpaired) electrons. The number of rotatable bonds is 2. The van der Waals surface area contributed by atoms with Crippen molar-refractivity contribution in [1.29, 1.82) is 0 Å². The van der Waals surface area contributed by atoms with Gasteiger partial charge in [0.15, 0.2) is 0 Å². The summed E-state index contributed by atoms with van der Waals surface area (Å²) in [6.07, 6.45) is 1.18. The Morgan fingerprint density at radius 2 is 2.28 bits per heavy atom. The molecule has 0 bridgehead atoms. The molecular weight excluding hydrogens is 246 g/mol. The fourth-order valence-electron chi connectivity index (χ4n) is 2.79. The quantitative estimate of drug-likeness (QED) is 0.873. The normalized spacial score (nSPS) is 22.9. The molecule has 0 aliphatic carbocycles. The van der Waals surface area contributed by atoms with Crippen molar-refractivity contribution in [2.75, 3.05) is 5.75 Å². The highest BCUT2D eigenvalue weighted by Crippen LogP contribution is 2.46. The van der Waals surface area contributed by atoms with E-state index in [1.807, 2.05) is 19.1 Å². The average Bonchev–Trinajstić information content (AvgIpc) is 2.69. The van der Waals surface area contributed by atoms with E-state index in [-0.39, 0.29) is 11.2 Å². The number of nitrogens with one attached hydrogen (secondary N) is 1. The second-order valence-corrected chi connectivity index (χ2v) is 6.52. The molecule has 0 fully saturated rings. The summed E-state index contributed by atoms with van der Waals surface area (Å²) in [4.78, 5) is 14.5. The first-order valence-electron chi connectivity index (χ1n) is 6.06. The molecule has 18 heavy (non-hydrogen) atoms. The number of carboxylic acid groups (broad SMARTS) is 1. The molecule has 0 amide bonds. The smallest absolute Gasteiger partial charge is 0.305 e. The summed E-state index contributed by atoms with van der Waals surface area (Å²) >= 11 is 1.74. The van der Waals surface area contributed by atoms with Crippen LogP contribution in [0.5, 0.6) is 0 Å². The Hall–Kier alpha value is -1.42. The van der Waals surface area contributed by atoms with Crippen LogP contribution < -0.4 is 0 Å². The van der Waals surface area contributed by atoms with Gasteiger partial charge in [-0.2, -0.15) is 0 Å². The van der Waals surface area contributed by atoms with E-state index >= 15 is 0 Å². The van der Waals surface area contributed by atoms with Crippen molar-refractivity contribution < 1.29 is 9.90 Å². The summed E-state index contributed by atoms with van der Waals surface area (Å²) in [7, 11) is 0. The Morgan fingerprint density at radius 1 is 1.50 bits per heavy atom. The van der Waals surface area contributed by atoms with Gasteiger partial charge >= 0.3 is 5.97 Å². The largest absolute Gasteiger partial charge is 0.481 e. The van der Waals surface area contributed by atoms with Crippen molar-refractivity contribution in [3.63, 3.8) is 0 Å². The van der Waals surface area contributed by atoms with Crippen molar-refractivity contribution in [2.24, 2.45) is 0 Å². The molecule has 2 aromatic rings. The van der Waals surface area contributed by atoms with Crippen LogP contribution in [0, 0.1) is 0 Å². The Balaban J connectivity index is 2.18. The third kappa shape index (κ3) is 1.72. The molecular formula is C14H15NO2S. The van der Waals surface area contributed by atoms with E-state index in [2.05, 4.69) is 17.1 Å². The van der Waals surface area contributed by atoms with Gasteiger partial charge in [-0.25, -0.2) is 0 Å². The molecule has 1 aliphatic rings. The molecule has 94 valence electrons. The highest BCUT2D eigenvalue weighted by atomic mass is 32.2. The fraction of sp³-hybridized carbons (Fsp3) is 0.357. The van der Waals surface area contributed by atoms with Crippen LogP contribution in [-0.4, -0.2) is 21.8 Å². The first kappa shape index (κ1) is 11.7. The van der Waals surface area contributed by atoms with E-state index < -0.39 is 5.97 Å². The van der Waals surface area contributed by atoms with Crippen LogP contribution in [0.3, 0.4) is 0 Å². The Morgan fingerprint density at radius 3 is 3.06 bits per heavy atom. The number of aromatic nitrogens is 1. The zero-order valence-corrected chi connectivity index (χ0v) is 11.0. The lowest BCUT2D eigenvalue weighted by Crippen LogP contribution is -2.27. The summed E-state index contributed by atoms with van der Waals surface area (Å²) in [5, 5.41) is 10.3. The maximum absolute atomic E-state index is 11.1. The van der Waals surface area contributed by atoms with E-state index in [1.165, 1.54) is 10.9 Å². The van der Waals surface area contributed by atoms with Crippen LogP contribution in [0.15, 0.2) is 24.3 Å². The second-order valence-electron chi connectivity index (χ2n) is 4.92. The van der Waals surface area contributed by atoms with Gasteiger partial charge in [0.05, 0.1) is 11.2 Å². The molecule has 0 saturated heterocycles. The molecule has 2 N–H and O–H groups in total. The third-order valence-electron chi connectivity index (χ3n) is 3.60. The van der Waals surface area contributed by atoms with Crippen molar-refractivity contribution >= 4 is 28.6 Å². The third-order valence-corrected chi connectivity index (χ3v) is 5.00. The maximum atomic E-state index is 11.1. The molecule has 1 unspecified atom stereocenters. The summed E-state index contributed by atoms with van der Waals surface area (Å²) in [6.45, 7) is 2.03. The van der Waals surface area contributed by atoms with Gasteiger partial charge in [-0.1, -0.05) is 18.2 Å². The van der Waals surface area contributed by atoms with Gasteiger partial charge in [-0.15, -0.1) is 11.8 Å². The topological polar surface area (TPSA) is 53.1 Å². The van der Waals surface area contributed by atoms with Gasteiger partial charge in [0.2, 0.25) is 0 Å². The lowest BCUT2D eigenvalue weighted by Gasteiger charge is -2.31. The van der Waals surface area contributed by atoms with Gasteiger partial charge in [0.1, 0.15) is 0 Å². The highest BCUT2D eigenvalue weighted by Gasteiger charge is 2.37. The molecule has 0 saturated carbocycles. The first-order chi connectivity index (χ1) is 8.60. The molecule has 3 rings (SSSR count). The monoisotopic (exact) mass is 261 g/mol. The SMILES string of the molecule is CC1(CC(=O)O)SCCc2c1[nH]c1ccccc21. The van der Waals surface area contributed by atoms with Crippen molar-refractivity contribution in [3.8, 4) is 0 Å². The summed E-state index contributed by atoms with van der Waals surface area (Å²) in [6, 6.07) is 8.21. The minimum absolute atomic E-state index is 0.164. The van der Waals surface area contributed by atoms with Gasteiger partial charge < -0.3 is 10.1 Å². The number of thioether (sulfide) groups is 1. The number of aromatic amines is 1. The number of benzene rings is 1. The van der Waals surface area contributed by atoms with E-state index in [9.17, 15) is 4.79 Å². The minimum Gasteiger partial charge on any atom is -0.481 e. The Labute approximate surface area is 110 Å². The molecule has 1 aliphatic heterocycles. The van der Waals surface area contributed by atoms with E-state index in [0.717, 1.165) is 23.4 Å². The van der Waals surface area contributed by atoms with Crippen molar-refractivity contribution in [2.45, 2.75) is 24.5 Å². The zero-order valence-electron chi connectivity index (χ0n) is 10.2. The Kier molecular flexibility index (Phi) is 2.63. The number of fused-ring (bicyclic) bond motifs is 3. The number of carboxylic acids is 1. The van der Waals surface area contributed by atoms with Gasteiger partial charge in [0.25, 0.3) is 0 Å². The number of hydrogen-bond acceptors (Lipinski definition) is 2. The van der Waals surface area contributed by atoms with Crippen LogP contribution in [0.1, 0.15) is 24.6 Å². The number of hydrogen-bond donors (Lipinski definition) is 2. The van der Waals surface area contributed by atoms with Gasteiger partial charge in [-0.3, -0.25) is 4.79 Å². The number of carbonyl (C=O) groups is 1. The van der Waals surface area contributed by atoms with Crippen molar-refractivity contribution in [3.05, 3.63) is 35.5 Å². The maximum Gasteiger partial charge on any atom is 0.305 e. The van der Waals surface area contributed by atoms with Crippen LogP contribution in [0.4, 0.5) is 0 Å². The molecule has 1 aromatic heterocycles. The number of aryl methyl sites for hydroxylation is 1. The number of para-hydroxylation sites is 1. The lowest BCUT2D eigenvalue weighted by molar-refractivity contribution is -0.137. The molecule has 4 heteroatoms. The average molecular weight is 261 g/mol. The zero-order chi connectivity index (χ0) is 12.8. The molecule has 0 spiro atoms. The van der Waals surface area contributed by atoms with Crippen LogP contribution in [0.25, 0.3) is 10.9 Å². The summed E-state index contributed by atoms with van der Waals surface area (Å²) in [5.74, 6) is 0.245. The van der Waals surface area contributed by atoms with Gasteiger partial charge in [0, 0.05) is 16.6 Å². The molecule has 1 aromatic carbocycles. The molecule has 3 nitrogen and oxygen atoms in total. The van der Waals surface area contributed by atoms with E-state index in [1.54, 1.807) is 11.8 Å². The summed E-state index contributed by atoms with van der Waals surface area (Å²) < 4.78 is -0.335. The molecule has 2 heterocycles. The van der Waals surface area contributed by atoms with Crippen LogP contribution in [-0.2, 0) is 16.0 Å². The highest BCUT2D eigenvalue weighted by molar-refractivity contribution is 8.00. The Bertz CT molecular complexity index is 619. The van der Waals surface area contributed by atoms with E-state index in [0.29, 0.717) is 0 Å². The first-order valence-corrected chi connectivity index (χ1v) is 7.04. The predicted molar refractivity (Wildman–Crippen MR) is 74.1 cm³/mol. The van der Waals surface area contributed by atoms with Crippen molar-refractivity contribution in [1.82, 2.24) is 4.98 Å². The van der Waals surface area contributed by atoms with Crippen LogP contribution >= 0.6 is 11.8 Å². The lowest BCUT2D eigenvalue weighted by atomic mass is 9.96. The standard InChI is InChI=1S/C14H15NO2S/c1-14(8-12(16)17)13-10(6-7-18-14)9-4-2-3-5-11(9)15-13/h2-5,15H,6-8H2,1H3,(H,16,17). The fourth-order valence-corrected chi connectivity index (χ4v) is 4.09. The van der Waals surface area contributed by atoms with Crippen LogP contribution in [0.2, 0.25) is 0 Å². The van der Waals surface area contributed by atoms with Gasteiger partial charge in [-0.05, 0) is 30.7 Å². The number of aliphatic carboxylic acids is 1. The number of H-pyrrole nitrogens is 1. The molecule has 1 atom stereocenters. The second kappa shape index (κ2) is 4.05. The van der Waals surface area contributed by atoms with E-state index in [4.69, 9.17) is 5.11 Å². The minimum atomic E-state index is -0.739.